The zero-order chi connectivity index (χ0) is 26.3. The fraction of sp³-hybridized carbons (Fsp3) is 0.481. The fourth-order valence-electron chi connectivity index (χ4n) is 4.65. The first-order chi connectivity index (χ1) is 18.5. The number of aromatic nitrogens is 2. The van der Waals surface area contributed by atoms with Gasteiger partial charge in [0, 0.05) is 19.1 Å². The second kappa shape index (κ2) is 14.4. The van der Waals surface area contributed by atoms with Gasteiger partial charge in [-0.05, 0) is 102 Å². The van der Waals surface area contributed by atoms with E-state index >= 15 is 0 Å². The van der Waals surface area contributed by atoms with Crippen molar-refractivity contribution in [3.05, 3.63) is 48.5 Å². The molecule has 5 nitrogen and oxygen atoms in total. The molecule has 4 aromatic rings. The molecule has 2 fully saturated rings. The van der Waals surface area contributed by atoms with Gasteiger partial charge < -0.3 is 4.74 Å². The van der Waals surface area contributed by atoms with E-state index in [1.54, 1.807) is 55.2 Å². The highest BCUT2D eigenvalue weighted by atomic mass is 33.1. The predicted molar refractivity (Wildman–Crippen MR) is 172 cm³/mol. The van der Waals surface area contributed by atoms with E-state index in [1.807, 2.05) is 17.0 Å². The molecule has 0 N–H and O–H groups in total. The Balaban J connectivity index is 0.000000155. The number of rotatable bonds is 7. The molecule has 11 heteroatoms. The van der Waals surface area contributed by atoms with E-state index in [1.165, 1.54) is 41.5 Å². The summed E-state index contributed by atoms with van der Waals surface area (Å²) in [5.74, 6) is 0. The van der Waals surface area contributed by atoms with Gasteiger partial charge in [0.1, 0.15) is 0 Å². The van der Waals surface area contributed by atoms with Crippen LogP contribution in [0.2, 0.25) is 0 Å². The van der Waals surface area contributed by atoms with Gasteiger partial charge in [-0.3, -0.25) is 0 Å². The van der Waals surface area contributed by atoms with Gasteiger partial charge >= 0.3 is 0 Å². The molecule has 1 aliphatic carbocycles. The second-order valence-electron chi connectivity index (χ2n) is 9.65. The number of para-hydroxylation sites is 2. The topological polar surface area (TPSA) is 41.5 Å². The summed E-state index contributed by atoms with van der Waals surface area (Å²) in [5, 5.41) is 0. The summed E-state index contributed by atoms with van der Waals surface area (Å²) in [6, 6.07) is 17.4. The van der Waals surface area contributed by atoms with E-state index in [9.17, 15) is 0 Å². The first-order valence-electron chi connectivity index (χ1n) is 13.1. The molecule has 1 aliphatic heterocycles. The molecule has 2 aliphatic rings. The van der Waals surface area contributed by atoms with Crippen LogP contribution in [0.3, 0.4) is 0 Å². The van der Waals surface area contributed by atoms with Crippen LogP contribution in [0.5, 0.6) is 0 Å². The Morgan fingerprint density at radius 3 is 1.95 bits per heavy atom. The molecule has 204 valence electrons. The van der Waals surface area contributed by atoms with E-state index in [0.29, 0.717) is 12.2 Å². The molecule has 1 saturated carbocycles. The molecule has 2 atom stereocenters. The summed E-state index contributed by atoms with van der Waals surface area (Å²) in [5.41, 5.74) is 2.22. The monoisotopic (exact) mass is 622 g/mol. The lowest BCUT2D eigenvalue weighted by Crippen LogP contribution is -2.41. The number of benzene rings is 2. The van der Waals surface area contributed by atoms with Gasteiger partial charge in [-0.2, -0.15) is 0 Å². The number of morpholine rings is 1. The third-order valence-electron chi connectivity index (χ3n) is 6.46. The standard InChI is InChI=1S/C14H18N2S3.C13H16N2OS3/c1-16(11-7-3-2-4-8-11)19-18-14-15-12-9-5-6-10-13(12)17-14;1-9-7-15(8-10(2)16-9)19-18-13-14-11-5-3-4-6-12(11)17-13/h5-6,9-11H,2-4,7-8H2,1H3;3-6,9-10H,7-8H2,1-2H3. The van der Waals surface area contributed by atoms with Crippen molar-refractivity contribution in [2.45, 2.75) is 72.9 Å². The number of nitrogens with zero attached hydrogens (tertiary/aromatic N) is 4. The number of hydrogen-bond acceptors (Lipinski definition) is 11. The molecule has 0 amide bonds. The highest BCUT2D eigenvalue weighted by molar-refractivity contribution is 8.76. The van der Waals surface area contributed by atoms with Crippen LogP contribution in [-0.2, 0) is 4.74 Å². The number of hydrogen-bond donors (Lipinski definition) is 0. The minimum atomic E-state index is 0.312. The molecule has 0 radical (unpaired) electrons. The summed E-state index contributed by atoms with van der Waals surface area (Å²) < 4.78 is 15.4. The van der Waals surface area contributed by atoms with E-state index in [0.717, 1.165) is 38.8 Å². The first-order valence-corrected chi connectivity index (χ1v) is 18.9. The van der Waals surface area contributed by atoms with Crippen LogP contribution < -0.4 is 0 Å². The quantitative estimate of drug-likeness (QED) is 0.148. The van der Waals surface area contributed by atoms with Gasteiger partial charge in [0.25, 0.3) is 0 Å². The van der Waals surface area contributed by atoms with Crippen molar-refractivity contribution in [1.29, 1.82) is 0 Å². The van der Waals surface area contributed by atoms with Crippen molar-refractivity contribution >= 4 is 86.7 Å². The SMILES string of the molecule is CC1CN(SSc2nc3ccccc3s2)CC(C)O1.CN(SSc1nc2ccccc2s1)C1CCCCC1. The molecule has 3 heterocycles. The van der Waals surface area contributed by atoms with Gasteiger partial charge in [-0.15, -0.1) is 22.7 Å². The third kappa shape index (κ3) is 8.27. The third-order valence-corrected chi connectivity index (χ3v) is 14.2. The number of ether oxygens (including phenoxy) is 1. The highest BCUT2D eigenvalue weighted by Gasteiger charge is 2.23. The molecular weight excluding hydrogens is 589 g/mol. The predicted octanol–water partition coefficient (Wildman–Crippen LogP) is 9.28. The van der Waals surface area contributed by atoms with Gasteiger partial charge in [0.2, 0.25) is 0 Å². The second-order valence-corrected chi connectivity index (χ2v) is 16.6. The first kappa shape index (κ1) is 29.0. The molecule has 0 spiro atoms. The average molecular weight is 623 g/mol. The summed E-state index contributed by atoms with van der Waals surface area (Å²) in [6.07, 6.45) is 7.52. The van der Waals surface area contributed by atoms with E-state index in [4.69, 9.17) is 4.74 Å². The molecule has 38 heavy (non-hydrogen) atoms. The van der Waals surface area contributed by atoms with Gasteiger partial charge in [0.15, 0.2) is 8.68 Å². The van der Waals surface area contributed by atoms with Crippen LogP contribution in [0.25, 0.3) is 20.4 Å². The molecule has 0 bridgehead atoms. The van der Waals surface area contributed by atoms with Crippen molar-refractivity contribution in [3.8, 4) is 0 Å². The maximum atomic E-state index is 5.74. The zero-order valence-electron chi connectivity index (χ0n) is 21.9. The Kier molecular flexibility index (Phi) is 11.0. The normalized spacial score (nSPS) is 21.2. The van der Waals surface area contributed by atoms with Crippen LogP contribution in [0.15, 0.2) is 57.2 Å². The highest BCUT2D eigenvalue weighted by Crippen LogP contribution is 2.41. The summed E-state index contributed by atoms with van der Waals surface area (Å²) in [4.78, 5) is 9.30. The Morgan fingerprint density at radius 1 is 0.816 bits per heavy atom. The van der Waals surface area contributed by atoms with E-state index < -0.39 is 0 Å². The Bertz CT molecular complexity index is 1220. The van der Waals surface area contributed by atoms with E-state index in [-0.39, 0.29) is 0 Å². The smallest absolute Gasteiger partial charge is 0.162 e. The van der Waals surface area contributed by atoms with Gasteiger partial charge in [-0.1, -0.05) is 43.5 Å². The molecule has 2 aromatic heterocycles. The lowest BCUT2D eigenvalue weighted by molar-refractivity contribution is -0.0410. The largest absolute Gasteiger partial charge is 0.373 e. The molecule has 6 rings (SSSR count). The molecule has 2 unspecified atom stereocenters. The van der Waals surface area contributed by atoms with Crippen molar-refractivity contribution in [2.24, 2.45) is 0 Å². The van der Waals surface area contributed by atoms with Crippen molar-refractivity contribution < 1.29 is 4.74 Å². The Morgan fingerprint density at radius 2 is 1.37 bits per heavy atom. The summed E-state index contributed by atoms with van der Waals surface area (Å²) in [6.45, 7) is 6.22. The van der Waals surface area contributed by atoms with Crippen LogP contribution in [0.1, 0.15) is 46.0 Å². The average Bonchev–Trinajstić information content (AvgIpc) is 3.54. The van der Waals surface area contributed by atoms with Crippen molar-refractivity contribution in [2.75, 3.05) is 20.1 Å². The van der Waals surface area contributed by atoms with Crippen LogP contribution >= 0.6 is 66.2 Å². The molecular formula is C27H34N4OS6. The van der Waals surface area contributed by atoms with Crippen LogP contribution in [0, 0.1) is 0 Å². The summed E-state index contributed by atoms with van der Waals surface area (Å²) in [7, 11) is 9.41. The maximum Gasteiger partial charge on any atom is 0.162 e. The van der Waals surface area contributed by atoms with Crippen LogP contribution in [-0.4, -0.2) is 57.0 Å². The maximum absolute atomic E-state index is 5.74. The number of fused-ring (bicyclic) bond motifs is 2. The Labute approximate surface area is 250 Å². The van der Waals surface area contributed by atoms with Gasteiger partial charge in [-0.25, -0.2) is 18.6 Å². The van der Waals surface area contributed by atoms with Crippen molar-refractivity contribution in [3.63, 3.8) is 0 Å². The lowest BCUT2D eigenvalue weighted by atomic mass is 9.96. The Hall–Kier alpha value is -0.500. The minimum absolute atomic E-state index is 0.312. The molecule has 2 aromatic carbocycles. The number of thiazole rings is 2. The summed E-state index contributed by atoms with van der Waals surface area (Å²) >= 11 is 3.55. The zero-order valence-corrected chi connectivity index (χ0v) is 26.8. The van der Waals surface area contributed by atoms with Gasteiger partial charge in [0.05, 0.1) is 32.6 Å². The minimum Gasteiger partial charge on any atom is -0.373 e. The lowest BCUT2D eigenvalue weighted by Gasteiger charge is -2.33. The fourth-order valence-corrected chi connectivity index (χ4v) is 11.5. The van der Waals surface area contributed by atoms with Crippen molar-refractivity contribution in [1.82, 2.24) is 18.6 Å². The molecule has 1 saturated heterocycles. The van der Waals surface area contributed by atoms with Crippen LogP contribution in [0.4, 0.5) is 0 Å². The van der Waals surface area contributed by atoms with E-state index in [2.05, 4.69) is 81.9 Å².